The van der Waals surface area contributed by atoms with Crippen LogP contribution in [-0.2, 0) is 6.42 Å². The molecule has 2 aromatic carbocycles. The number of carbonyl (C=O) groups is 1. The standard InChI is InChI=1S/C13H12O3/c1-2-10-11-6-4-9(14)7-8(11)3-5-12(10)13(15)16/h3-7,14H,2H2,1H3,(H,15,16). The molecule has 0 aromatic heterocycles. The van der Waals surface area contributed by atoms with Gasteiger partial charge in [-0.3, -0.25) is 0 Å². The Hall–Kier alpha value is -2.03. The topological polar surface area (TPSA) is 57.5 Å². The molecule has 0 radical (unpaired) electrons. The van der Waals surface area contributed by atoms with Crippen LogP contribution in [0.15, 0.2) is 30.3 Å². The highest BCUT2D eigenvalue weighted by molar-refractivity contribution is 5.98. The van der Waals surface area contributed by atoms with E-state index in [0.717, 1.165) is 16.3 Å². The molecule has 0 bridgehead atoms. The van der Waals surface area contributed by atoms with E-state index >= 15 is 0 Å². The molecular weight excluding hydrogens is 204 g/mol. The number of carboxylic acids is 1. The minimum absolute atomic E-state index is 0.192. The van der Waals surface area contributed by atoms with E-state index in [2.05, 4.69) is 0 Å². The number of phenolic OH excluding ortho intramolecular Hbond substituents is 1. The SMILES string of the molecule is CCc1c(C(=O)O)ccc2cc(O)ccc12. The molecule has 2 rings (SSSR count). The smallest absolute Gasteiger partial charge is 0.335 e. The van der Waals surface area contributed by atoms with Crippen molar-refractivity contribution in [3.63, 3.8) is 0 Å². The number of hydrogen-bond acceptors (Lipinski definition) is 2. The van der Waals surface area contributed by atoms with Crippen LogP contribution in [0.3, 0.4) is 0 Å². The number of fused-ring (bicyclic) bond motifs is 1. The number of carboxylic acid groups (broad SMARTS) is 1. The highest BCUT2D eigenvalue weighted by atomic mass is 16.4. The second kappa shape index (κ2) is 3.85. The molecule has 3 heteroatoms. The van der Waals surface area contributed by atoms with Crippen molar-refractivity contribution in [1.29, 1.82) is 0 Å². The Morgan fingerprint density at radius 3 is 2.62 bits per heavy atom. The third-order valence-corrected chi connectivity index (χ3v) is 2.70. The van der Waals surface area contributed by atoms with Crippen LogP contribution < -0.4 is 0 Å². The molecular formula is C13H12O3. The lowest BCUT2D eigenvalue weighted by molar-refractivity contribution is 0.0696. The van der Waals surface area contributed by atoms with Gasteiger partial charge in [-0.25, -0.2) is 4.79 Å². The first-order valence-electron chi connectivity index (χ1n) is 5.11. The lowest BCUT2D eigenvalue weighted by Crippen LogP contribution is -2.02. The second-order valence-corrected chi connectivity index (χ2v) is 3.66. The quantitative estimate of drug-likeness (QED) is 0.811. The summed E-state index contributed by atoms with van der Waals surface area (Å²) in [5.41, 5.74) is 1.14. The fraction of sp³-hybridized carbons (Fsp3) is 0.154. The molecule has 0 saturated heterocycles. The van der Waals surface area contributed by atoms with E-state index < -0.39 is 5.97 Å². The number of benzene rings is 2. The molecule has 0 fully saturated rings. The van der Waals surface area contributed by atoms with Crippen LogP contribution in [-0.4, -0.2) is 16.2 Å². The minimum Gasteiger partial charge on any atom is -0.508 e. The molecule has 82 valence electrons. The molecule has 16 heavy (non-hydrogen) atoms. The summed E-state index contributed by atoms with van der Waals surface area (Å²) in [6, 6.07) is 8.28. The Kier molecular flexibility index (Phi) is 2.52. The summed E-state index contributed by atoms with van der Waals surface area (Å²) in [6.07, 6.45) is 0.656. The monoisotopic (exact) mass is 216 g/mol. The predicted octanol–water partition coefficient (Wildman–Crippen LogP) is 2.81. The first kappa shape index (κ1) is 10.5. The zero-order chi connectivity index (χ0) is 11.7. The zero-order valence-corrected chi connectivity index (χ0v) is 8.90. The van der Waals surface area contributed by atoms with E-state index in [1.807, 2.05) is 6.92 Å². The van der Waals surface area contributed by atoms with Crippen molar-refractivity contribution in [2.45, 2.75) is 13.3 Å². The molecule has 0 amide bonds. The van der Waals surface area contributed by atoms with Crippen molar-refractivity contribution in [3.8, 4) is 5.75 Å². The van der Waals surface area contributed by atoms with Gasteiger partial charge in [0.25, 0.3) is 0 Å². The van der Waals surface area contributed by atoms with Gasteiger partial charge >= 0.3 is 5.97 Å². The fourth-order valence-electron chi connectivity index (χ4n) is 1.96. The highest BCUT2D eigenvalue weighted by Gasteiger charge is 2.11. The Morgan fingerprint density at radius 2 is 2.00 bits per heavy atom. The minimum atomic E-state index is -0.910. The van der Waals surface area contributed by atoms with Crippen LogP contribution in [0.25, 0.3) is 10.8 Å². The first-order chi connectivity index (χ1) is 7.63. The number of aryl methyl sites for hydroxylation is 1. The summed E-state index contributed by atoms with van der Waals surface area (Å²) in [5, 5.41) is 20.2. The first-order valence-corrected chi connectivity index (χ1v) is 5.11. The molecule has 0 saturated carbocycles. The molecule has 0 heterocycles. The molecule has 3 nitrogen and oxygen atoms in total. The molecule has 0 spiro atoms. The largest absolute Gasteiger partial charge is 0.508 e. The van der Waals surface area contributed by atoms with Crippen LogP contribution >= 0.6 is 0 Å². The van der Waals surface area contributed by atoms with E-state index in [9.17, 15) is 9.90 Å². The van der Waals surface area contributed by atoms with E-state index in [1.54, 1.807) is 30.3 Å². The summed E-state index contributed by atoms with van der Waals surface area (Å²) in [7, 11) is 0. The van der Waals surface area contributed by atoms with Crippen molar-refractivity contribution in [1.82, 2.24) is 0 Å². The fourth-order valence-corrected chi connectivity index (χ4v) is 1.96. The van der Waals surface area contributed by atoms with Gasteiger partial charge < -0.3 is 10.2 Å². The van der Waals surface area contributed by atoms with Gasteiger partial charge in [-0.15, -0.1) is 0 Å². The van der Waals surface area contributed by atoms with Crippen molar-refractivity contribution >= 4 is 16.7 Å². The average Bonchev–Trinajstić information content (AvgIpc) is 2.26. The van der Waals surface area contributed by atoms with Crippen LogP contribution in [0.1, 0.15) is 22.8 Å². The molecule has 2 aromatic rings. The Balaban J connectivity index is 2.80. The van der Waals surface area contributed by atoms with Crippen molar-refractivity contribution in [2.75, 3.05) is 0 Å². The summed E-state index contributed by atoms with van der Waals surface area (Å²) < 4.78 is 0. The normalized spacial score (nSPS) is 10.6. The number of aromatic hydroxyl groups is 1. The van der Waals surface area contributed by atoms with E-state index in [4.69, 9.17) is 5.11 Å². The van der Waals surface area contributed by atoms with Gasteiger partial charge in [0, 0.05) is 0 Å². The van der Waals surface area contributed by atoms with Gasteiger partial charge in [0.15, 0.2) is 0 Å². The van der Waals surface area contributed by atoms with Crippen LogP contribution in [0.5, 0.6) is 5.75 Å². The molecule has 0 aliphatic carbocycles. The molecule has 0 unspecified atom stereocenters. The van der Waals surface area contributed by atoms with Gasteiger partial charge in [-0.1, -0.05) is 19.1 Å². The van der Waals surface area contributed by atoms with Crippen molar-refractivity contribution in [3.05, 3.63) is 41.5 Å². The summed E-state index contributed by atoms with van der Waals surface area (Å²) in [4.78, 5) is 11.0. The van der Waals surface area contributed by atoms with Crippen LogP contribution in [0.2, 0.25) is 0 Å². The maximum absolute atomic E-state index is 11.0. The van der Waals surface area contributed by atoms with Crippen LogP contribution in [0, 0.1) is 0 Å². The van der Waals surface area contributed by atoms with Crippen molar-refractivity contribution in [2.24, 2.45) is 0 Å². The zero-order valence-electron chi connectivity index (χ0n) is 8.90. The Morgan fingerprint density at radius 1 is 1.25 bits per heavy atom. The Bertz CT molecular complexity index is 558. The Labute approximate surface area is 93.0 Å². The third-order valence-electron chi connectivity index (χ3n) is 2.70. The maximum Gasteiger partial charge on any atom is 0.335 e. The molecule has 0 aliphatic rings. The van der Waals surface area contributed by atoms with Gasteiger partial charge in [0.05, 0.1) is 5.56 Å². The lowest BCUT2D eigenvalue weighted by atomic mass is 9.97. The molecule has 0 aliphatic heterocycles. The number of phenols is 1. The van der Waals surface area contributed by atoms with Crippen LogP contribution in [0.4, 0.5) is 0 Å². The third kappa shape index (κ3) is 1.60. The number of hydrogen-bond donors (Lipinski definition) is 2. The summed E-state index contributed by atoms with van der Waals surface area (Å²) in [6.45, 7) is 1.92. The second-order valence-electron chi connectivity index (χ2n) is 3.66. The number of aromatic carboxylic acids is 1. The number of rotatable bonds is 2. The van der Waals surface area contributed by atoms with Gasteiger partial charge in [0.1, 0.15) is 5.75 Å². The lowest BCUT2D eigenvalue weighted by Gasteiger charge is -2.08. The van der Waals surface area contributed by atoms with Gasteiger partial charge in [-0.2, -0.15) is 0 Å². The summed E-state index contributed by atoms with van der Waals surface area (Å²) in [5.74, 6) is -0.718. The van der Waals surface area contributed by atoms with E-state index in [1.165, 1.54) is 0 Å². The average molecular weight is 216 g/mol. The highest BCUT2D eigenvalue weighted by Crippen LogP contribution is 2.26. The molecule has 2 N–H and O–H groups in total. The van der Waals surface area contributed by atoms with Gasteiger partial charge in [0.2, 0.25) is 0 Å². The predicted molar refractivity (Wildman–Crippen MR) is 62.0 cm³/mol. The van der Waals surface area contributed by atoms with Crippen molar-refractivity contribution < 1.29 is 15.0 Å². The maximum atomic E-state index is 11.0. The van der Waals surface area contributed by atoms with Gasteiger partial charge in [-0.05, 0) is 41.0 Å². The summed E-state index contributed by atoms with van der Waals surface area (Å²) >= 11 is 0. The van der Waals surface area contributed by atoms with E-state index in [0.29, 0.717) is 12.0 Å². The molecule has 0 atom stereocenters. The van der Waals surface area contributed by atoms with E-state index in [-0.39, 0.29) is 5.75 Å².